The van der Waals surface area contributed by atoms with Gasteiger partial charge in [0.15, 0.2) is 10.6 Å². The van der Waals surface area contributed by atoms with Gasteiger partial charge >= 0.3 is 7.80 Å². The van der Waals surface area contributed by atoms with Crippen LogP contribution >= 0.6 is 7.80 Å². The van der Waals surface area contributed by atoms with Crippen LogP contribution in [0.15, 0.2) is 84.9 Å². The summed E-state index contributed by atoms with van der Waals surface area (Å²) in [6.07, 6.45) is 0. The zero-order valence-corrected chi connectivity index (χ0v) is 24.1. The van der Waals surface area contributed by atoms with Crippen LogP contribution < -0.4 is 20.4 Å². The van der Waals surface area contributed by atoms with E-state index in [9.17, 15) is 4.57 Å². The summed E-state index contributed by atoms with van der Waals surface area (Å²) < 4.78 is 14.2. The Labute approximate surface area is 227 Å². The Balaban J connectivity index is 1.44. The molecule has 0 N–H and O–H groups in total. The normalized spacial score (nSPS) is 16.3. The second kappa shape index (κ2) is 8.82. The van der Waals surface area contributed by atoms with Crippen LogP contribution in [0.5, 0.6) is 0 Å². The molecule has 0 amide bonds. The van der Waals surface area contributed by atoms with Crippen LogP contribution in [-0.2, 0) is 15.4 Å². The van der Waals surface area contributed by atoms with Crippen LogP contribution in [0.25, 0.3) is 0 Å². The fourth-order valence-corrected chi connectivity index (χ4v) is 7.84. The van der Waals surface area contributed by atoms with E-state index < -0.39 is 7.80 Å². The minimum Gasteiger partial charge on any atom is -0.341 e. The van der Waals surface area contributed by atoms with E-state index >= 15 is 0 Å². The molecule has 0 spiro atoms. The molecule has 0 aromatic heterocycles. The molecule has 0 bridgehead atoms. The van der Waals surface area contributed by atoms with Gasteiger partial charge in [0.25, 0.3) is 0 Å². The highest BCUT2D eigenvalue weighted by Crippen LogP contribution is 2.50. The van der Waals surface area contributed by atoms with Crippen molar-refractivity contribution in [2.24, 2.45) is 0 Å². The lowest BCUT2D eigenvalue weighted by molar-refractivity contribution is 0.597. The SMILES string of the molecule is CCN1c2ccccc2C(C)(C)c2cc([P+](=O)c3ccc4c(c3)C(C)(C)c3ccccc3N4CC)ccc21. The number of fused-ring (bicyclic) bond motifs is 4. The highest BCUT2D eigenvalue weighted by molar-refractivity contribution is 7.61. The van der Waals surface area contributed by atoms with E-state index in [0.29, 0.717) is 0 Å². The van der Waals surface area contributed by atoms with Crippen molar-refractivity contribution in [2.45, 2.75) is 52.4 Å². The van der Waals surface area contributed by atoms with Crippen LogP contribution in [0.4, 0.5) is 22.7 Å². The Bertz CT molecular complexity index is 1470. The largest absolute Gasteiger partial charge is 0.415 e. The summed E-state index contributed by atoms with van der Waals surface area (Å²) in [7, 11) is -1.74. The average Bonchev–Trinajstić information content (AvgIpc) is 2.93. The van der Waals surface area contributed by atoms with Gasteiger partial charge in [-0.15, -0.1) is 0 Å². The Morgan fingerprint density at radius 1 is 0.553 bits per heavy atom. The molecule has 3 nitrogen and oxygen atoms in total. The number of hydrogen-bond donors (Lipinski definition) is 0. The molecular formula is C34H36N2OP+. The van der Waals surface area contributed by atoms with Gasteiger partial charge in [-0.3, -0.25) is 0 Å². The Hall–Kier alpha value is -3.42. The number of hydrogen-bond acceptors (Lipinski definition) is 3. The summed E-state index contributed by atoms with van der Waals surface area (Å²) >= 11 is 0. The standard InChI is InChI=1S/C34H36N2OP/c1-7-35-29-15-11-9-13-25(29)33(3,4)27-21-23(17-19-31(27)35)38(37)24-18-20-32-28(22-24)34(5,6)26-14-10-12-16-30(26)36(32)8-2/h9-22H,7-8H2,1-6H3/q+1. The maximum absolute atomic E-state index is 14.2. The van der Waals surface area contributed by atoms with Crippen molar-refractivity contribution in [3.05, 3.63) is 107 Å². The first-order chi connectivity index (χ1) is 18.2. The topological polar surface area (TPSA) is 23.6 Å². The van der Waals surface area contributed by atoms with Crippen molar-refractivity contribution in [2.75, 3.05) is 22.9 Å². The monoisotopic (exact) mass is 519 g/mol. The lowest BCUT2D eigenvalue weighted by Gasteiger charge is -2.41. The lowest BCUT2D eigenvalue weighted by atomic mass is 9.73. The van der Waals surface area contributed by atoms with Crippen LogP contribution in [0, 0.1) is 0 Å². The van der Waals surface area contributed by atoms with E-state index in [1.807, 2.05) is 0 Å². The van der Waals surface area contributed by atoms with E-state index in [4.69, 9.17) is 0 Å². The van der Waals surface area contributed by atoms with E-state index in [-0.39, 0.29) is 10.8 Å². The summed E-state index contributed by atoms with van der Waals surface area (Å²) in [4.78, 5) is 4.76. The van der Waals surface area contributed by atoms with Gasteiger partial charge in [0.1, 0.15) is 0 Å². The quantitative estimate of drug-likeness (QED) is 0.255. The van der Waals surface area contributed by atoms with Gasteiger partial charge in [0.05, 0.1) is 0 Å². The van der Waals surface area contributed by atoms with E-state index in [2.05, 4.69) is 136 Å². The summed E-state index contributed by atoms with van der Waals surface area (Å²) in [6.45, 7) is 15.3. The molecule has 2 heterocycles. The summed E-state index contributed by atoms with van der Waals surface area (Å²) in [6, 6.07) is 30.3. The Morgan fingerprint density at radius 2 is 0.921 bits per heavy atom. The van der Waals surface area contributed by atoms with Crippen molar-refractivity contribution in [3.8, 4) is 0 Å². The minimum atomic E-state index is -1.74. The molecule has 4 aromatic carbocycles. The highest BCUT2D eigenvalue weighted by Gasteiger charge is 2.40. The molecule has 4 aromatic rings. The Kier molecular flexibility index (Phi) is 5.78. The van der Waals surface area contributed by atoms with Crippen LogP contribution in [0.2, 0.25) is 0 Å². The van der Waals surface area contributed by atoms with Crippen molar-refractivity contribution in [3.63, 3.8) is 0 Å². The number of rotatable bonds is 4. The number of para-hydroxylation sites is 2. The van der Waals surface area contributed by atoms with Gasteiger partial charge < -0.3 is 9.80 Å². The maximum atomic E-state index is 14.2. The molecule has 192 valence electrons. The zero-order chi connectivity index (χ0) is 26.8. The van der Waals surface area contributed by atoms with Gasteiger partial charge in [-0.2, -0.15) is 0 Å². The van der Waals surface area contributed by atoms with Crippen LogP contribution in [0.1, 0.15) is 63.8 Å². The van der Waals surface area contributed by atoms with Gasteiger partial charge in [-0.1, -0.05) is 68.7 Å². The van der Waals surface area contributed by atoms with Crippen LogP contribution in [0.3, 0.4) is 0 Å². The second-order valence-corrected chi connectivity index (χ2v) is 13.1. The molecule has 0 unspecified atom stereocenters. The highest BCUT2D eigenvalue weighted by atomic mass is 31.1. The molecule has 2 aliphatic rings. The molecule has 0 atom stereocenters. The first kappa shape index (κ1) is 24.9. The number of nitrogens with zero attached hydrogens (tertiary/aromatic N) is 2. The van der Waals surface area contributed by atoms with Crippen molar-refractivity contribution in [1.29, 1.82) is 0 Å². The average molecular weight is 520 g/mol. The minimum absolute atomic E-state index is 0.174. The van der Waals surface area contributed by atoms with E-state index in [1.54, 1.807) is 0 Å². The predicted molar refractivity (Wildman–Crippen MR) is 162 cm³/mol. The van der Waals surface area contributed by atoms with Gasteiger partial charge in [0, 0.05) is 46.7 Å². The third-order valence-corrected chi connectivity index (χ3v) is 10.2. The fourth-order valence-electron chi connectivity index (χ4n) is 6.63. The molecule has 38 heavy (non-hydrogen) atoms. The van der Waals surface area contributed by atoms with Gasteiger partial charge in [-0.25, -0.2) is 0 Å². The molecule has 0 fully saturated rings. The lowest BCUT2D eigenvalue weighted by Crippen LogP contribution is -2.34. The van der Waals surface area contributed by atoms with Crippen LogP contribution in [-0.4, -0.2) is 13.1 Å². The smallest absolute Gasteiger partial charge is 0.341 e. The van der Waals surface area contributed by atoms with E-state index in [1.165, 1.54) is 45.0 Å². The second-order valence-electron chi connectivity index (χ2n) is 11.5. The molecular weight excluding hydrogens is 483 g/mol. The maximum Gasteiger partial charge on any atom is 0.415 e. The summed E-state index contributed by atoms with van der Waals surface area (Å²) in [5, 5.41) is 1.78. The molecule has 2 aliphatic heterocycles. The van der Waals surface area contributed by atoms with Gasteiger partial charge in [-0.05, 0) is 84.6 Å². The van der Waals surface area contributed by atoms with Gasteiger partial charge in [0.2, 0.25) is 0 Å². The van der Waals surface area contributed by atoms with E-state index in [0.717, 1.165) is 23.7 Å². The summed E-state index contributed by atoms with van der Waals surface area (Å²) in [5.41, 5.74) is 9.72. The fraction of sp³-hybridized carbons (Fsp3) is 0.294. The molecule has 6 rings (SSSR count). The molecule has 4 heteroatoms. The zero-order valence-electron chi connectivity index (χ0n) is 23.2. The number of anilines is 4. The third-order valence-electron chi connectivity index (χ3n) is 8.73. The van der Waals surface area contributed by atoms with Crippen molar-refractivity contribution in [1.82, 2.24) is 0 Å². The first-order valence-corrected chi connectivity index (χ1v) is 15.0. The molecule has 0 aliphatic carbocycles. The van der Waals surface area contributed by atoms with Crippen molar-refractivity contribution >= 4 is 41.2 Å². The molecule has 0 saturated heterocycles. The molecule has 0 radical (unpaired) electrons. The third kappa shape index (κ3) is 3.48. The predicted octanol–water partition coefficient (Wildman–Crippen LogP) is 8.06. The Morgan fingerprint density at radius 3 is 1.32 bits per heavy atom. The molecule has 0 saturated carbocycles. The summed E-state index contributed by atoms with van der Waals surface area (Å²) in [5.74, 6) is 0. The van der Waals surface area contributed by atoms with Crippen molar-refractivity contribution < 1.29 is 4.57 Å². The number of benzene rings is 4. The first-order valence-electron chi connectivity index (χ1n) is 13.7.